The predicted molar refractivity (Wildman–Crippen MR) is 139 cm³/mol. The van der Waals surface area contributed by atoms with Gasteiger partial charge in [0.25, 0.3) is 5.91 Å². The van der Waals surface area contributed by atoms with Gasteiger partial charge in [0.1, 0.15) is 17.2 Å². The Morgan fingerprint density at radius 3 is 2.70 bits per heavy atom. The number of nitrogens with zero attached hydrogens (tertiary/aromatic N) is 3. The lowest BCUT2D eigenvalue weighted by atomic mass is 9.93. The van der Waals surface area contributed by atoms with Crippen LogP contribution in [0.15, 0.2) is 48.4 Å². The van der Waals surface area contributed by atoms with Crippen LogP contribution in [0.1, 0.15) is 37.6 Å². The Balaban J connectivity index is 1.26. The van der Waals surface area contributed by atoms with Gasteiger partial charge in [0.2, 0.25) is 6.41 Å². The first-order valence-electron chi connectivity index (χ1n) is 12.7. The number of hydrogen-bond donors (Lipinski definition) is 2. The Labute approximate surface area is 216 Å². The van der Waals surface area contributed by atoms with E-state index in [1.165, 1.54) is 12.1 Å². The molecule has 196 valence electrons. The zero-order valence-corrected chi connectivity index (χ0v) is 21.5. The van der Waals surface area contributed by atoms with Crippen molar-refractivity contribution in [2.75, 3.05) is 44.6 Å². The van der Waals surface area contributed by atoms with Crippen molar-refractivity contribution in [2.24, 2.45) is 0 Å². The Kier molecular flexibility index (Phi) is 7.13. The monoisotopic (exact) mass is 508 g/mol. The molecule has 1 fully saturated rings. The average molecular weight is 509 g/mol. The number of allylic oxidation sites excluding steroid dienone is 1. The van der Waals surface area contributed by atoms with Crippen LogP contribution >= 0.6 is 0 Å². The minimum absolute atomic E-state index is 0.300. The summed E-state index contributed by atoms with van der Waals surface area (Å²) in [5.41, 5.74) is 3.71. The van der Waals surface area contributed by atoms with Gasteiger partial charge in [0.15, 0.2) is 0 Å². The molecule has 1 atom stereocenters. The molecule has 1 unspecified atom stereocenters. The van der Waals surface area contributed by atoms with Crippen LogP contribution in [0.25, 0.3) is 11.1 Å². The molecule has 1 saturated heterocycles. The predicted octanol–water partition coefficient (Wildman–Crippen LogP) is 3.25. The van der Waals surface area contributed by atoms with Gasteiger partial charge in [-0.05, 0) is 51.1 Å². The Bertz CT molecular complexity index is 1230. The van der Waals surface area contributed by atoms with E-state index >= 15 is 0 Å². The normalized spacial score (nSPS) is 22.4. The molecule has 8 nitrogen and oxygen atoms in total. The number of rotatable bonds is 7. The van der Waals surface area contributed by atoms with Gasteiger partial charge in [-0.15, -0.1) is 0 Å². The molecule has 9 heteroatoms. The van der Waals surface area contributed by atoms with E-state index in [4.69, 9.17) is 14.5 Å². The third-order valence-electron chi connectivity index (χ3n) is 7.12. The minimum atomic E-state index is -0.823. The fraction of sp³-hybridized carbons (Fsp3) is 0.429. The maximum Gasteiger partial charge on any atom is 0.260 e. The molecule has 1 aromatic carbocycles. The molecule has 2 aromatic rings. The van der Waals surface area contributed by atoms with Crippen molar-refractivity contribution in [3.63, 3.8) is 0 Å². The van der Waals surface area contributed by atoms with Gasteiger partial charge in [-0.3, -0.25) is 14.7 Å². The molecule has 5 rings (SSSR count). The number of benzene rings is 1. The molecule has 37 heavy (non-hydrogen) atoms. The van der Waals surface area contributed by atoms with Crippen molar-refractivity contribution in [1.82, 2.24) is 14.8 Å². The Hall–Kier alpha value is -3.11. The third-order valence-corrected chi connectivity index (χ3v) is 7.12. The van der Waals surface area contributed by atoms with Crippen LogP contribution in [0.3, 0.4) is 0 Å². The molecule has 1 aromatic heterocycles. The number of aliphatic hydroxyl groups excluding tert-OH is 1. The maximum absolute atomic E-state index is 13.6. The van der Waals surface area contributed by atoms with Crippen LogP contribution in [0.2, 0.25) is 0 Å². The number of aliphatic hydroxyl groups is 1. The van der Waals surface area contributed by atoms with Gasteiger partial charge in [-0.25, -0.2) is 4.39 Å². The topological polar surface area (TPSA) is 87.2 Å². The van der Waals surface area contributed by atoms with Gasteiger partial charge in [0, 0.05) is 74.3 Å². The second-order valence-electron chi connectivity index (χ2n) is 10.0. The summed E-state index contributed by atoms with van der Waals surface area (Å²) in [5.74, 6) is -0.228. The molecular formula is C28H33FN4O4. The van der Waals surface area contributed by atoms with Gasteiger partial charge >= 0.3 is 0 Å². The number of amides is 1. The number of aromatic nitrogens is 1. The van der Waals surface area contributed by atoms with E-state index in [1.807, 2.05) is 50.1 Å². The molecule has 0 radical (unpaired) electrons. The third kappa shape index (κ3) is 5.31. The van der Waals surface area contributed by atoms with Crippen molar-refractivity contribution in [1.29, 1.82) is 0 Å². The molecule has 2 N–H and O–H groups in total. The number of halogens is 1. The summed E-state index contributed by atoms with van der Waals surface area (Å²) in [6.45, 7) is 10.5. The SMILES string of the molecule is CCOC(O)N1CCN(CCc2ccc(C3=C/C(=C4\C(=O)Nc5cc(F)ccc54)OC3(C)C)cn2)CC1. The molecular weight excluding hydrogens is 475 g/mol. The second-order valence-corrected chi connectivity index (χ2v) is 10.0. The van der Waals surface area contributed by atoms with Crippen molar-refractivity contribution >= 4 is 22.7 Å². The smallest absolute Gasteiger partial charge is 0.260 e. The van der Waals surface area contributed by atoms with Crippen LogP contribution in [0.5, 0.6) is 0 Å². The molecule has 0 aliphatic carbocycles. The second kappa shape index (κ2) is 10.3. The van der Waals surface area contributed by atoms with Crippen molar-refractivity contribution < 1.29 is 23.8 Å². The number of anilines is 1. The summed E-state index contributed by atoms with van der Waals surface area (Å²) in [6, 6.07) is 8.34. The Morgan fingerprint density at radius 1 is 1.22 bits per heavy atom. The first-order chi connectivity index (χ1) is 17.7. The zero-order valence-electron chi connectivity index (χ0n) is 21.5. The van der Waals surface area contributed by atoms with E-state index in [1.54, 1.807) is 6.07 Å². The van der Waals surface area contributed by atoms with Gasteiger partial charge < -0.3 is 24.8 Å². The molecule has 0 saturated carbocycles. The lowest BCUT2D eigenvalue weighted by Gasteiger charge is -2.36. The highest BCUT2D eigenvalue weighted by molar-refractivity contribution is 6.32. The van der Waals surface area contributed by atoms with Gasteiger partial charge in [-0.1, -0.05) is 6.07 Å². The molecule has 1 amide bonds. The highest BCUT2D eigenvalue weighted by Gasteiger charge is 2.38. The highest BCUT2D eigenvalue weighted by Crippen LogP contribution is 2.44. The number of carbonyl (C=O) groups is 1. The molecule has 4 heterocycles. The highest BCUT2D eigenvalue weighted by atomic mass is 19.1. The van der Waals surface area contributed by atoms with E-state index in [0.29, 0.717) is 29.2 Å². The van der Waals surface area contributed by atoms with E-state index in [0.717, 1.165) is 56.0 Å². The van der Waals surface area contributed by atoms with Gasteiger partial charge in [0.05, 0.1) is 11.3 Å². The van der Waals surface area contributed by atoms with Gasteiger partial charge in [-0.2, -0.15) is 0 Å². The van der Waals surface area contributed by atoms with Crippen molar-refractivity contribution in [3.05, 3.63) is 71.0 Å². The fourth-order valence-electron chi connectivity index (χ4n) is 5.07. The minimum Gasteiger partial charge on any atom is -0.482 e. The summed E-state index contributed by atoms with van der Waals surface area (Å²) in [5, 5.41) is 12.7. The molecule has 3 aliphatic rings. The Morgan fingerprint density at radius 2 is 2.00 bits per heavy atom. The van der Waals surface area contributed by atoms with Crippen molar-refractivity contribution in [2.45, 2.75) is 39.2 Å². The lowest BCUT2D eigenvalue weighted by Crippen LogP contribution is -2.51. The maximum atomic E-state index is 13.6. The summed E-state index contributed by atoms with van der Waals surface area (Å²) in [4.78, 5) is 21.7. The summed E-state index contributed by atoms with van der Waals surface area (Å²) >= 11 is 0. The number of carbonyl (C=O) groups excluding carboxylic acids is 1. The first kappa shape index (κ1) is 25.5. The van der Waals surface area contributed by atoms with Crippen LogP contribution in [0, 0.1) is 5.82 Å². The first-order valence-corrected chi connectivity index (χ1v) is 12.7. The summed E-state index contributed by atoms with van der Waals surface area (Å²) in [6.07, 6.45) is 3.75. The van der Waals surface area contributed by atoms with Crippen LogP contribution in [0.4, 0.5) is 10.1 Å². The van der Waals surface area contributed by atoms with Crippen molar-refractivity contribution in [3.8, 4) is 0 Å². The number of hydrogen-bond acceptors (Lipinski definition) is 7. The summed E-state index contributed by atoms with van der Waals surface area (Å²) in [7, 11) is 0. The lowest BCUT2D eigenvalue weighted by molar-refractivity contribution is -0.198. The molecule has 3 aliphatic heterocycles. The van der Waals surface area contributed by atoms with Crippen LogP contribution in [-0.4, -0.2) is 77.1 Å². The van der Waals surface area contributed by atoms with Crippen LogP contribution in [-0.2, 0) is 20.7 Å². The quantitative estimate of drug-likeness (QED) is 0.439. The zero-order chi connectivity index (χ0) is 26.2. The molecule has 0 bridgehead atoms. The number of piperazine rings is 1. The number of pyridine rings is 1. The molecule has 0 spiro atoms. The van der Waals surface area contributed by atoms with E-state index in [2.05, 4.69) is 10.2 Å². The number of fused-ring (bicyclic) bond motifs is 1. The standard InChI is InChI=1S/C28H33FN4O4/c1-4-36-27(35)33-13-11-32(12-14-33)10-9-20-7-5-18(17-30-20)22-16-24(37-28(22,2)3)25-21-8-6-19(29)15-23(21)31-26(25)34/h5-8,15-17,27,35H,4,9-14H2,1-3H3,(H,31,34)/b25-24+. The fourth-order valence-corrected chi connectivity index (χ4v) is 5.07. The number of ether oxygens (including phenoxy) is 2. The van der Waals surface area contributed by atoms with E-state index < -0.39 is 17.8 Å². The van der Waals surface area contributed by atoms with E-state index in [-0.39, 0.29) is 5.91 Å². The largest absolute Gasteiger partial charge is 0.482 e. The van der Waals surface area contributed by atoms with Crippen LogP contribution < -0.4 is 5.32 Å². The van der Waals surface area contributed by atoms with E-state index in [9.17, 15) is 14.3 Å². The summed E-state index contributed by atoms with van der Waals surface area (Å²) < 4.78 is 25.1. The number of nitrogens with one attached hydrogen (secondary N) is 1. The average Bonchev–Trinajstić information content (AvgIpc) is 3.37.